The van der Waals surface area contributed by atoms with Gasteiger partial charge in [-0.2, -0.15) is 0 Å². The van der Waals surface area contributed by atoms with E-state index in [-0.39, 0.29) is 6.10 Å². The monoisotopic (exact) mass is 1190 g/mol. The maximum atomic E-state index is 7.12. The summed E-state index contributed by atoms with van der Waals surface area (Å²) in [6.07, 6.45) is 44.8. The lowest BCUT2D eigenvalue weighted by molar-refractivity contribution is -0.329. The fraction of sp³-hybridized carbons (Fsp3) is 0.684. The van der Waals surface area contributed by atoms with Crippen LogP contribution in [0.1, 0.15) is 280 Å². The maximum absolute atomic E-state index is 7.12. The van der Waals surface area contributed by atoms with Gasteiger partial charge in [-0.3, -0.25) is 0 Å². The van der Waals surface area contributed by atoms with Gasteiger partial charge >= 0.3 is 0 Å². The summed E-state index contributed by atoms with van der Waals surface area (Å²) in [4.78, 5) is 0. The van der Waals surface area contributed by atoms with Crippen LogP contribution < -0.4 is 14.2 Å². The first-order chi connectivity index (χ1) is 42.2. The molecule has 8 nitrogen and oxygen atoms in total. The summed E-state index contributed by atoms with van der Waals surface area (Å²) < 4.78 is 55.1. The van der Waals surface area contributed by atoms with Crippen molar-refractivity contribution in [1.29, 1.82) is 0 Å². The number of ether oxygens (including phenoxy) is 8. The fourth-order valence-electron chi connectivity index (χ4n) is 12.0. The Morgan fingerprint density at radius 2 is 0.753 bits per heavy atom. The van der Waals surface area contributed by atoms with Crippen LogP contribution in [-0.4, -0.2) is 56.3 Å². The van der Waals surface area contributed by atoms with Crippen LogP contribution in [-0.2, 0) is 42.7 Å². The van der Waals surface area contributed by atoms with Crippen molar-refractivity contribution in [3.8, 4) is 17.2 Å². The Balaban J connectivity index is 1.17. The molecule has 2 saturated heterocycles. The number of hydrogen-bond acceptors (Lipinski definition) is 9. The van der Waals surface area contributed by atoms with E-state index in [2.05, 4.69) is 93.6 Å². The normalized spacial score (nSPS) is 18.6. The van der Waals surface area contributed by atoms with E-state index >= 15 is 0 Å². The second-order valence-corrected chi connectivity index (χ2v) is 25.8. The molecule has 0 N–H and O–H groups in total. The molecule has 9 heteroatoms. The van der Waals surface area contributed by atoms with Gasteiger partial charge in [-0.15, -0.1) is 11.8 Å². The van der Waals surface area contributed by atoms with Crippen molar-refractivity contribution in [3.63, 3.8) is 0 Å². The van der Waals surface area contributed by atoms with Crippen LogP contribution in [0.5, 0.6) is 17.2 Å². The molecule has 2 heterocycles. The summed E-state index contributed by atoms with van der Waals surface area (Å²) in [6, 6.07) is 35.4. The molecular weight excluding hydrogens is 1070 g/mol. The van der Waals surface area contributed by atoms with Crippen molar-refractivity contribution < 1.29 is 37.9 Å². The summed E-state index contributed by atoms with van der Waals surface area (Å²) in [5, 5.41) is 0. The molecule has 0 amide bonds. The van der Waals surface area contributed by atoms with Crippen molar-refractivity contribution in [2.75, 3.05) is 26.4 Å². The second-order valence-electron chi connectivity index (χ2n) is 24.7. The van der Waals surface area contributed by atoms with Crippen LogP contribution in [0.15, 0.2) is 103 Å². The standard InChI is InChI=1S/C76H118O8S/c1-4-7-10-13-16-19-22-25-28-31-34-46-55-77-68-58-66(59-69(78-56-47-35-32-29-26-23-20-17-14-11-8-5-2)71(68)79-57-48-36-33-30-27-24-21-18-15-12-9-6-3)63-85-76-74(81-61-65-51-42-38-43-52-65)73(80-60-64-49-40-37-41-50-64)72-70(83-76)62-82-75(84-72)67-53-44-39-45-54-67/h37-45,49-54,58-59,70,72-76H,4-36,46-48,55-57,60-63H2,1-3H3/t70-,72-,73+,74-,75-,76+/m1/s1. The van der Waals surface area contributed by atoms with E-state index in [0.29, 0.717) is 45.4 Å². The quantitative estimate of drug-likeness (QED) is 0.0402. The molecule has 0 bridgehead atoms. The number of fused-ring (bicyclic) bond motifs is 1. The van der Waals surface area contributed by atoms with E-state index in [1.165, 1.54) is 212 Å². The molecule has 6 rings (SSSR count). The average molecular weight is 1190 g/mol. The molecule has 0 aromatic heterocycles. The van der Waals surface area contributed by atoms with Crippen LogP contribution in [0.4, 0.5) is 0 Å². The number of rotatable bonds is 52. The van der Waals surface area contributed by atoms with Gasteiger partial charge in [-0.1, -0.05) is 324 Å². The van der Waals surface area contributed by atoms with Crippen LogP contribution in [0, 0.1) is 0 Å². The van der Waals surface area contributed by atoms with Gasteiger partial charge in [-0.25, -0.2) is 0 Å². The lowest BCUT2D eigenvalue weighted by atomic mass is 9.98. The van der Waals surface area contributed by atoms with E-state index < -0.39 is 30.0 Å². The van der Waals surface area contributed by atoms with Crippen molar-refractivity contribution in [2.45, 2.75) is 307 Å². The Kier molecular flexibility index (Phi) is 38.6. The van der Waals surface area contributed by atoms with Crippen molar-refractivity contribution in [2.24, 2.45) is 0 Å². The molecular formula is C76H118O8S. The van der Waals surface area contributed by atoms with Crippen molar-refractivity contribution in [1.82, 2.24) is 0 Å². The minimum atomic E-state index is -0.546. The lowest BCUT2D eigenvalue weighted by Gasteiger charge is -2.49. The zero-order valence-corrected chi connectivity index (χ0v) is 54.7. The molecule has 0 unspecified atom stereocenters. The van der Waals surface area contributed by atoms with Gasteiger partial charge in [0, 0.05) is 11.3 Å². The van der Waals surface area contributed by atoms with Gasteiger partial charge in [0.15, 0.2) is 17.8 Å². The largest absolute Gasteiger partial charge is 0.490 e. The SMILES string of the molecule is CCCCCCCCCCCCCCOc1cc(CS[C@@H]2O[C@@H]3CO[C@@H](c4ccccc4)O[C@H]3[C@H](OCc3ccccc3)[C@H]2OCc2ccccc2)cc(OCCCCCCCCCCCCCC)c1OCCCCCCCCCCCCCC. The van der Waals surface area contributed by atoms with Crippen LogP contribution in [0.2, 0.25) is 0 Å². The third-order valence-corrected chi connectivity index (χ3v) is 18.4. The van der Waals surface area contributed by atoms with Gasteiger partial charge in [0.2, 0.25) is 5.75 Å². The highest BCUT2D eigenvalue weighted by Crippen LogP contribution is 2.44. The third-order valence-electron chi connectivity index (χ3n) is 17.2. The number of thioether (sulfide) groups is 1. The highest BCUT2D eigenvalue weighted by atomic mass is 32.2. The summed E-state index contributed by atoms with van der Waals surface area (Å²) in [6.45, 7) is 10.0. The van der Waals surface area contributed by atoms with Gasteiger partial charge in [0.25, 0.3) is 0 Å². The third kappa shape index (κ3) is 29.5. The van der Waals surface area contributed by atoms with Crippen LogP contribution in [0.3, 0.4) is 0 Å². The van der Waals surface area contributed by atoms with Crippen molar-refractivity contribution >= 4 is 11.8 Å². The first-order valence-electron chi connectivity index (χ1n) is 35.1. The zero-order valence-electron chi connectivity index (χ0n) is 53.9. The van der Waals surface area contributed by atoms with Crippen LogP contribution >= 0.6 is 11.8 Å². The Labute approximate surface area is 523 Å². The molecule has 0 aliphatic carbocycles. The molecule has 0 saturated carbocycles. The first-order valence-corrected chi connectivity index (χ1v) is 36.2. The molecule has 2 aliphatic heterocycles. The highest BCUT2D eigenvalue weighted by Gasteiger charge is 2.51. The topological polar surface area (TPSA) is 73.8 Å². The number of hydrogen-bond donors (Lipinski definition) is 0. The molecule has 4 aromatic carbocycles. The molecule has 0 spiro atoms. The fourth-order valence-corrected chi connectivity index (χ4v) is 13.1. The molecule has 2 aliphatic rings. The van der Waals surface area contributed by atoms with E-state index in [1.807, 2.05) is 30.3 Å². The molecule has 476 valence electrons. The Morgan fingerprint density at radius 3 is 1.16 bits per heavy atom. The molecule has 85 heavy (non-hydrogen) atoms. The lowest BCUT2D eigenvalue weighted by Crippen LogP contribution is -2.62. The van der Waals surface area contributed by atoms with Crippen LogP contribution in [0.25, 0.3) is 0 Å². The van der Waals surface area contributed by atoms with Gasteiger partial charge in [0.05, 0.1) is 39.6 Å². The summed E-state index contributed by atoms with van der Waals surface area (Å²) in [5.74, 6) is 2.97. The van der Waals surface area contributed by atoms with Gasteiger partial charge in [-0.05, 0) is 48.1 Å². The minimum Gasteiger partial charge on any atom is -0.490 e. The molecule has 6 atom stereocenters. The Hall–Kier alpha value is -3.57. The first kappa shape index (κ1) is 70.5. The molecule has 0 radical (unpaired) electrons. The molecule has 2 fully saturated rings. The summed E-state index contributed by atoms with van der Waals surface area (Å²) >= 11 is 1.74. The predicted octanol–water partition coefficient (Wildman–Crippen LogP) is 22.2. The van der Waals surface area contributed by atoms with Gasteiger partial charge in [0.1, 0.15) is 29.9 Å². The van der Waals surface area contributed by atoms with E-state index in [9.17, 15) is 0 Å². The number of benzene rings is 4. The second kappa shape index (κ2) is 46.5. The smallest absolute Gasteiger partial charge is 0.203 e. The van der Waals surface area contributed by atoms with Gasteiger partial charge < -0.3 is 37.9 Å². The van der Waals surface area contributed by atoms with E-state index in [1.54, 1.807) is 11.8 Å². The summed E-state index contributed by atoms with van der Waals surface area (Å²) in [7, 11) is 0. The average Bonchev–Trinajstić information content (AvgIpc) is 2.71. The number of unbranched alkanes of at least 4 members (excludes halogenated alkanes) is 33. The zero-order chi connectivity index (χ0) is 59.3. The Morgan fingerprint density at radius 1 is 0.388 bits per heavy atom. The molecule has 4 aromatic rings. The van der Waals surface area contributed by atoms with E-state index in [4.69, 9.17) is 37.9 Å². The minimum absolute atomic E-state index is 0.366. The maximum Gasteiger partial charge on any atom is 0.203 e. The highest BCUT2D eigenvalue weighted by molar-refractivity contribution is 7.99. The summed E-state index contributed by atoms with van der Waals surface area (Å²) in [5.41, 5.74) is 3.86. The van der Waals surface area contributed by atoms with E-state index in [0.717, 1.165) is 58.8 Å². The Bertz CT molecular complexity index is 2130. The predicted molar refractivity (Wildman–Crippen MR) is 356 cm³/mol. The van der Waals surface area contributed by atoms with Crippen molar-refractivity contribution in [3.05, 3.63) is 125 Å².